The van der Waals surface area contributed by atoms with Crippen molar-refractivity contribution < 1.29 is 78.6 Å². The van der Waals surface area contributed by atoms with Gasteiger partial charge < -0.3 is 0 Å². The summed E-state index contributed by atoms with van der Waals surface area (Å²) in [5, 5.41) is 1.57. The summed E-state index contributed by atoms with van der Waals surface area (Å²) in [6, 6.07) is 6.48. The van der Waals surface area contributed by atoms with Crippen molar-refractivity contribution in [2.24, 2.45) is 5.16 Å². The second-order valence-corrected chi connectivity index (χ2v) is 9.31. The van der Waals surface area contributed by atoms with Crippen molar-refractivity contribution in [1.29, 1.82) is 0 Å². The van der Waals surface area contributed by atoms with Gasteiger partial charge in [0.05, 0.1) is 0 Å². The van der Waals surface area contributed by atoms with Crippen molar-refractivity contribution >= 4 is 21.4 Å². The van der Waals surface area contributed by atoms with Gasteiger partial charge in [0.15, 0.2) is 5.71 Å². The van der Waals surface area contributed by atoms with Crippen LogP contribution in [0.1, 0.15) is 19.4 Å². The fraction of sp³-hybridized carbons (Fsp3) is 0.450. The fourth-order valence-corrected chi connectivity index (χ4v) is 2.82. The Hall–Kier alpha value is -2.93. The van der Waals surface area contributed by atoms with E-state index in [1.54, 1.807) is 5.16 Å². The van der Waals surface area contributed by atoms with Gasteiger partial charge in [0.2, 0.25) is 0 Å². The molecule has 0 radical (unpaired) electrons. The van der Waals surface area contributed by atoms with Crippen LogP contribution in [0, 0.1) is 0 Å². The summed E-state index contributed by atoms with van der Waals surface area (Å²) in [6.45, 7) is 2.45. The maximum absolute atomic E-state index is 14.7. The molecule has 0 aliphatic carbocycles. The summed E-state index contributed by atoms with van der Waals surface area (Å²) in [5.74, 6) is -38.3. The van der Waals surface area contributed by atoms with Crippen molar-refractivity contribution in [3.05, 3.63) is 53.6 Å². The Morgan fingerprint density at radius 1 is 0.775 bits per heavy atom. The quantitative estimate of drug-likeness (QED) is 0.0826. The first-order chi connectivity index (χ1) is 17.7. The lowest BCUT2D eigenvalue weighted by Crippen LogP contribution is -2.69. The lowest BCUT2D eigenvalue weighted by molar-refractivity contribution is -0.404. The molecule has 0 heterocycles. The Morgan fingerprint density at radius 2 is 1.25 bits per heavy atom. The monoisotopic (exact) mass is 633 g/mol. The number of hydrogen-bond donors (Lipinski definition) is 0. The minimum Gasteiger partial charge on any atom is -0.261 e. The van der Waals surface area contributed by atoms with Crippen LogP contribution in [-0.4, -0.2) is 55.7 Å². The molecule has 228 valence electrons. The first kappa shape index (κ1) is 35.1. The zero-order valence-electron chi connectivity index (χ0n) is 19.4. The predicted octanol–water partition coefficient (Wildman–Crippen LogP) is 7.70. The van der Waals surface area contributed by atoms with Gasteiger partial charge in [-0.2, -0.15) is 65.5 Å². The zero-order valence-corrected chi connectivity index (χ0v) is 20.2. The van der Waals surface area contributed by atoms with Gasteiger partial charge in [-0.15, -0.1) is 0 Å². The maximum Gasteiger partial charge on any atom is 0.536 e. The number of benzene rings is 1. The van der Waals surface area contributed by atoms with Crippen molar-refractivity contribution in [3.63, 3.8) is 0 Å². The van der Waals surface area contributed by atoms with E-state index in [0.717, 1.165) is 0 Å². The zero-order chi connectivity index (χ0) is 31.8. The molecule has 0 saturated heterocycles. The SMILES string of the molecule is CC(C)=C(/C=C/C(=NOS(=O)(=O)C(F)(F)F)C(F)(F)C(F)(F)C(F)(F)C(F)(F)C(F)(F)C(F)F)c1ccccc1. The van der Waals surface area contributed by atoms with Crippen LogP contribution in [0.15, 0.2) is 53.2 Å². The Balaban J connectivity index is 3.91. The molecule has 0 aliphatic heterocycles. The first-order valence-corrected chi connectivity index (χ1v) is 11.3. The largest absolute Gasteiger partial charge is 0.536 e. The molecule has 40 heavy (non-hydrogen) atoms. The number of halogens is 15. The topological polar surface area (TPSA) is 55.7 Å². The van der Waals surface area contributed by atoms with Crippen molar-refractivity contribution in [1.82, 2.24) is 0 Å². The molecule has 0 aromatic heterocycles. The number of rotatable bonds is 11. The highest BCUT2D eigenvalue weighted by Crippen LogP contribution is 2.58. The third-order valence-electron chi connectivity index (χ3n) is 4.75. The molecule has 0 saturated carbocycles. The van der Waals surface area contributed by atoms with E-state index in [1.807, 2.05) is 0 Å². The van der Waals surface area contributed by atoms with Crippen LogP contribution in [0.5, 0.6) is 0 Å². The van der Waals surface area contributed by atoms with Gasteiger partial charge in [-0.1, -0.05) is 47.1 Å². The maximum atomic E-state index is 14.7. The molecule has 1 aromatic carbocycles. The summed E-state index contributed by atoms with van der Waals surface area (Å²) < 4.78 is 226. The number of nitrogens with zero attached hydrogens (tertiary/aromatic N) is 1. The van der Waals surface area contributed by atoms with E-state index in [2.05, 4.69) is 4.28 Å². The molecule has 20 heteroatoms. The van der Waals surface area contributed by atoms with Gasteiger partial charge >= 0.3 is 51.7 Å². The molecular weight excluding hydrogens is 619 g/mol. The third kappa shape index (κ3) is 6.19. The third-order valence-corrected chi connectivity index (χ3v) is 5.58. The van der Waals surface area contributed by atoms with Crippen LogP contribution in [0.3, 0.4) is 0 Å². The fourth-order valence-electron chi connectivity index (χ4n) is 2.56. The van der Waals surface area contributed by atoms with Crippen molar-refractivity contribution in [2.75, 3.05) is 0 Å². The average Bonchev–Trinajstić information content (AvgIpc) is 2.79. The molecule has 4 nitrogen and oxygen atoms in total. The highest BCUT2D eigenvalue weighted by Gasteiger charge is 2.88. The molecule has 0 unspecified atom stereocenters. The minimum atomic E-state index is -8.07. The lowest BCUT2D eigenvalue weighted by Gasteiger charge is -2.38. The molecule has 1 rings (SSSR count). The Labute approximate surface area is 214 Å². The minimum absolute atomic E-state index is 0.0328. The van der Waals surface area contributed by atoms with Crippen LogP contribution >= 0.6 is 0 Å². The Bertz CT molecular complexity index is 1250. The van der Waals surface area contributed by atoms with Crippen LogP contribution in [0.4, 0.5) is 65.9 Å². The van der Waals surface area contributed by atoms with Crippen LogP contribution in [-0.2, 0) is 14.4 Å². The van der Waals surface area contributed by atoms with E-state index >= 15 is 0 Å². The van der Waals surface area contributed by atoms with Crippen LogP contribution < -0.4 is 0 Å². The van der Waals surface area contributed by atoms with Crippen molar-refractivity contribution in [2.45, 2.75) is 55.4 Å². The van der Waals surface area contributed by atoms with Gasteiger partial charge in [0.1, 0.15) is 0 Å². The second-order valence-electron chi connectivity index (χ2n) is 7.79. The van der Waals surface area contributed by atoms with E-state index < -0.39 is 63.5 Å². The molecule has 0 aliphatic rings. The van der Waals surface area contributed by atoms with Gasteiger partial charge in [-0.3, -0.25) is 4.28 Å². The summed E-state index contributed by atoms with van der Waals surface area (Å²) in [6.07, 6.45) is -6.10. The average molecular weight is 633 g/mol. The smallest absolute Gasteiger partial charge is 0.261 e. The standard InChI is InChI=1S/C20H14F15NO3S/c1-10(2)12(11-6-4-3-5-7-11)8-9-13(36-39-40(37,38)20(33,34)35)15(23,24)17(27,28)19(31,32)18(29,30)16(25,26)14(21)22/h3-9,14H,1-2H3/b9-8+,36-13?. The van der Waals surface area contributed by atoms with Crippen molar-refractivity contribution in [3.8, 4) is 0 Å². The Morgan fingerprint density at radius 3 is 1.65 bits per heavy atom. The molecule has 0 amide bonds. The van der Waals surface area contributed by atoms with E-state index in [4.69, 9.17) is 0 Å². The molecule has 0 spiro atoms. The molecular formula is C20H14F15NO3S. The first-order valence-electron chi connectivity index (χ1n) is 9.86. The molecule has 0 atom stereocenters. The van der Waals surface area contributed by atoms with Crippen LogP contribution in [0.2, 0.25) is 0 Å². The van der Waals surface area contributed by atoms with Gasteiger partial charge in [-0.25, -0.2) is 8.78 Å². The van der Waals surface area contributed by atoms with Gasteiger partial charge in [0, 0.05) is 0 Å². The normalized spacial score (nSPS) is 15.1. The molecule has 0 N–H and O–H groups in total. The highest BCUT2D eigenvalue weighted by molar-refractivity contribution is 7.87. The van der Waals surface area contributed by atoms with E-state index in [-0.39, 0.29) is 22.8 Å². The summed E-state index contributed by atoms with van der Waals surface area (Å²) >= 11 is 0. The van der Waals surface area contributed by atoms with E-state index in [0.29, 0.717) is 0 Å². The Kier molecular flexibility index (Phi) is 9.79. The van der Waals surface area contributed by atoms with E-state index in [9.17, 15) is 74.3 Å². The number of hydrogen-bond acceptors (Lipinski definition) is 4. The predicted molar refractivity (Wildman–Crippen MR) is 108 cm³/mol. The summed E-state index contributed by atoms with van der Waals surface area (Å²) in [7, 11) is -7.07. The second kappa shape index (κ2) is 11.2. The van der Waals surface area contributed by atoms with Gasteiger partial charge in [-0.05, 0) is 31.1 Å². The van der Waals surface area contributed by atoms with Gasteiger partial charge in [0.25, 0.3) is 0 Å². The molecule has 0 fully saturated rings. The summed E-state index contributed by atoms with van der Waals surface area (Å²) in [5.41, 5.74) is -9.88. The highest BCUT2D eigenvalue weighted by atomic mass is 32.2. The number of alkyl halides is 15. The van der Waals surface area contributed by atoms with Crippen LogP contribution in [0.25, 0.3) is 5.57 Å². The number of allylic oxidation sites excluding steroid dienone is 4. The van der Waals surface area contributed by atoms with E-state index in [1.165, 1.54) is 44.2 Å². The number of oxime groups is 1. The lowest BCUT2D eigenvalue weighted by atomic mass is 9.91. The molecule has 1 aromatic rings. The summed E-state index contributed by atoms with van der Waals surface area (Å²) in [4.78, 5) is 0. The molecule has 0 bridgehead atoms.